The van der Waals surface area contributed by atoms with Crippen LogP contribution in [-0.4, -0.2) is 25.8 Å². The average molecular weight is 389 g/mol. The van der Waals surface area contributed by atoms with Gasteiger partial charge in [0, 0.05) is 11.1 Å². The van der Waals surface area contributed by atoms with Crippen molar-refractivity contribution in [3.63, 3.8) is 0 Å². The number of benzene rings is 2. The summed E-state index contributed by atoms with van der Waals surface area (Å²) in [5.41, 5.74) is 5.54. The third-order valence-electron chi connectivity index (χ3n) is 3.56. The number of rotatable bonds is 6. The second-order valence-corrected chi connectivity index (χ2v) is 8.78. The van der Waals surface area contributed by atoms with Gasteiger partial charge >= 0.3 is 0 Å². The quantitative estimate of drug-likeness (QED) is 0.697. The van der Waals surface area contributed by atoms with Gasteiger partial charge < -0.3 is 11.1 Å². The zero-order chi connectivity index (χ0) is 20.2. The van der Waals surface area contributed by atoms with Crippen molar-refractivity contribution in [2.45, 2.75) is 37.2 Å². The molecule has 0 aromatic heterocycles. The molecule has 0 fully saturated rings. The van der Waals surface area contributed by atoms with Crippen LogP contribution in [0.2, 0.25) is 0 Å². The first-order valence-electron chi connectivity index (χ1n) is 8.29. The standard InChI is InChI=1S/C19H23N3O4S/c1-19(2,3)22-27(25,26)15-11-9-14(10-12-15)18(24)21-16(17(20)23)13-7-5-4-6-8-13/h4-12,16,22H,1-3H3,(H2,20,23)(H,21,24). The van der Waals surface area contributed by atoms with E-state index >= 15 is 0 Å². The summed E-state index contributed by atoms with van der Waals surface area (Å²) in [7, 11) is -3.70. The summed E-state index contributed by atoms with van der Waals surface area (Å²) in [6, 6.07) is 13.1. The molecular formula is C19H23N3O4S. The van der Waals surface area contributed by atoms with Crippen LogP contribution in [-0.2, 0) is 14.8 Å². The van der Waals surface area contributed by atoms with Crippen molar-refractivity contribution < 1.29 is 18.0 Å². The van der Waals surface area contributed by atoms with Crippen molar-refractivity contribution in [3.8, 4) is 0 Å². The molecule has 7 nitrogen and oxygen atoms in total. The molecule has 0 aliphatic carbocycles. The predicted molar refractivity (Wildman–Crippen MR) is 102 cm³/mol. The molecule has 0 bridgehead atoms. The van der Waals surface area contributed by atoms with Crippen LogP contribution in [0, 0.1) is 0 Å². The van der Waals surface area contributed by atoms with E-state index in [1.807, 2.05) is 0 Å². The van der Waals surface area contributed by atoms with Crippen LogP contribution in [0.5, 0.6) is 0 Å². The molecule has 0 radical (unpaired) electrons. The number of amides is 2. The van der Waals surface area contributed by atoms with E-state index in [1.54, 1.807) is 51.1 Å². The molecule has 144 valence electrons. The van der Waals surface area contributed by atoms with Crippen LogP contribution in [0.25, 0.3) is 0 Å². The lowest BCUT2D eigenvalue weighted by atomic mass is 10.1. The SMILES string of the molecule is CC(C)(C)NS(=O)(=O)c1ccc(C(=O)NC(C(N)=O)c2ccccc2)cc1. The lowest BCUT2D eigenvalue weighted by molar-refractivity contribution is -0.120. The summed E-state index contributed by atoms with van der Waals surface area (Å²) < 4.78 is 27.2. The minimum absolute atomic E-state index is 0.0449. The van der Waals surface area contributed by atoms with Crippen molar-refractivity contribution in [1.82, 2.24) is 10.0 Å². The summed E-state index contributed by atoms with van der Waals surface area (Å²) in [5.74, 6) is -1.22. The molecule has 2 aromatic carbocycles. The summed E-state index contributed by atoms with van der Waals surface area (Å²) in [4.78, 5) is 24.2. The number of carbonyl (C=O) groups is 2. The van der Waals surface area contributed by atoms with Crippen LogP contribution in [0.15, 0.2) is 59.5 Å². The van der Waals surface area contributed by atoms with Crippen molar-refractivity contribution >= 4 is 21.8 Å². The number of hydrogen-bond acceptors (Lipinski definition) is 4. The highest BCUT2D eigenvalue weighted by atomic mass is 32.2. The zero-order valence-electron chi connectivity index (χ0n) is 15.4. The highest BCUT2D eigenvalue weighted by Crippen LogP contribution is 2.16. The van der Waals surface area contributed by atoms with E-state index in [1.165, 1.54) is 24.3 Å². The molecule has 8 heteroatoms. The van der Waals surface area contributed by atoms with Crippen molar-refractivity contribution in [2.24, 2.45) is 5.73 Å². The van der Waals surface area contributed by atoms with Crippen molar-refractivity contribution in [3.05, 3.63) is 65.7 Å². The molecule has 1 atom stereocenters. The molecule has 27 heavy (non-hydrogen) atoms. The van der Waals surface area contributed by atoms with Crippen molar-refractivity contribution in [2.75, 3.05) is 0 Å². The largest absolute Gasteiger partial charge is 0.368 e. The van der Waals surface area contributed by atoms with Gasteiger partial charge in [0.2, 0.25) is 15.9 Å². The van der Waals surface area contributed by atoms with E-state index in [-0.39, 0.29) is 10.5 Å². The van der Waals surface area contributed by atoms with Crippen LogP contribution >= 0.6 is 0 Å². The number of nitrogens with two attached hydrogens (primary N) is 1. The highest BCUT2D eigenvalue weighted by molar-refractivity contribution is 7.89. The van der Waals surface area contributed by atoms with E-state index in [9.17, 15) is 18.0 Å². The number of primary amides is 1. The molecule has 2 amide bonds. The van der Waals surface area contributed by atoms with Crippen molar-refractivity contribution in [1.29, 1.82) is 0 Å². The van der Waals surface area contributed by atoms with E-state index in [4.69, 9.17) is 5.73 Å². The Bertz CT molecular complexity index is 918. The van der Waals surface area contributed by atoms with Crippen LogP contribution in [0.3, 0.4) is 0 Å². The first-order chi connectivity index (χ1) is 12.5. The van der Waals surface area contributed by atoms with Gasteiger partial charge in [-0.1, -0.05) is 30.3 Å². The average Bonchev–Trinajstić information content (AvgIpc) is 2.58. The minimum atomic E-state index is -3.70. The molecule has 0 saturated carbocycles. The fraction of sp³-hybridized carbons (Fsp3) is 0.263. The van der Waals surface area contributed by atoms with E-state index < -0.39 is 33.4 Å². The van der Waals surface area contributed by atoms with Gasteiger partial charge in [0.1, 0.15) is 6.04 Å². The molecule has 0 aliphatic heterocycles. The lowest BCUT2D eigenvalue weighted by Crippen LogP contribution is -2.40. The molecule has 0 spiro atoms. The number of hydrogen-bond donors (Lipinski definition) is 3. The molecule has 2 rings (SSSR count). The number of nitrogens with one attached hydrogen (secondary N) is 2. The Morgan fingerprint density at radius 3 is 2.00 bits per heavy atom. The topological polar surface area (TPSA) is 118 Å². The summed E-state index contributed by atoms with van der Waals surface area (Å²) in [6.07, 6.45) is 0. The third kappa shape index (κ3) is 5.63. The first-order valence-corrected chi connectivity index (χ1v) is 9.77. The first kappa shape index (κ1) is 20.6. The van der Waals surface area contributed by atoms with Gasteiger partial charge in [0.25, 0.3) is 5.91 Å². The van der Waals surface area contributed by atoms with Crippen LogP contribution in [0.4, 0.5) is 0 Å². The highest BCUT2D eigenvalue weighted by Gasteiger charge is 2.23. The van der Waals surface area contributed by atoms with Gasteiger partial charge in [-0.15, -0.1) is 0 Å². The monoisotopic (exact) mass is 389 g/mol. The molecule has 0 saturated heterocycles. The lowest BCUT2D eigenvalue weighted by Gasteiger charge is -2.20. The maximum atomic E-state index is 12.4. The minimum Gasteiger partial charge on any atom is -0.368 e. The molecule has 0 heterocycles. The zero-order valence-corrected chi connectivity index (χ0v) is 16.2. The predicted octanol–water partition coefficient (Wildman–Crippen LogP) is 1.72. The van der Waals surface area contributed by atoms with Gasteiger partial charge in [0.05, 0.1) is 4.90 Å². The Hall–Kier alpha value is -2.71. The number of carbonyl (C=O) groups excluding carboxylic acids is 2. The third-order valence-corrected chi connectivity index (χ3v) is 5.33. The Balaban J connectivity index is 2.19. The maximum absolute atomic E-state index is 12.4. The maximum Gasteiger partial charge on any atom is 0.252 e. The van der Waals surface area contributed by atoms with Gasteiger partial charge in [-0.2, -0.15) is 0 Å². The molecule has 0 aliphatic rings. The second kappa shape index (κ2) is 7.89. The van der Waals surface area contributed by atoms with Gasteiger partial charge in [-0.25, -0.2) is 13.1 Å². The van der Waals surface area contributed by atoms with Gasteiger partial charge in [-0.05, 0) is 50.6 Å². The van der Waals surface area contributed by atoms with E-state index in [0.29, 0.717) is 5.56 Å². The Morgan fingerprint density at radius 1 is 0.963 bits per heavy atom. The molecule has 2 aromatic rings. The Kier molecular flexibility index (Phi) is 6.02. The molecular weight excluding hydrogens is 366 g/mol. The number of sulfonamides is 1. The van der Waals surface area contributed by atoms with E-state index in [2.05, 4.69) is 10.0 Å². The Labute approximate surface area is 159 Å². The molecule has 4 N–H and O–H groups in total. The second-order valence-electron chi connectivity index (χ2n) is 7.10. The van der Waals surface area contributed by atoms with Crippen LogP contribution < -0.4 is 15.8 Å². The van der Waals surface area contributed by atoms with Gasteiger partial charge in [-0.3, -0.25) is 9.59 Å². The normalized spacial score (nSPS) is 13.0. The summed E-state index contributed by atoms with van der Waals surface area (Å²) >= 11 is 0. The van der Waals surface area contributed by atoms with E-state index in [0.717, 1.165) is 0 Å². The fourth-order valence-electron chi connectivity index (χ4n) is 2.43. The fourth-order valence-corrected chi connectivity index (χ4v) is 3.84. The smallest absolute Gasteiger partial charge is 0.252 e. The van der Waals surface area contributed by atoms with Gasteiger partial charge in [0.15, 0.2) is 0 Å². The summed E-state index contributed by atoms with van der Waals surface area (Å²) in [5, 5.41) is 2.57. The summed E-state index contributed by atoms with van der Waals surface area (Å²) in [6.45, 7) is 5.21. The molecule has 1 unspecified atom stereocenters. The van der Waals surface area contributed by atoms with Crippen LogP contribution in [0.1, 0.15) is 42.7 Å². The Morgan fingerprint density at radius 2 is 1.52 bits per heavy atom.